The predicted molar refractivity (Wildman–Crippen MR) is 83.1 cm³/mol. The Kier molecular flexibility index (Phi) is 5.37. The smallest absolute Gasteiger partial charge is 0.342 e. The number of methoxy groups -OCH3 is 1. The molecule has 134 valence electrons. The molecule has 0 fully saturated rings. The van der Waals surface area contributed by atoms with Crippen molar-refractivity contribution in [2.24, 2.45) is 0 Å². The molecule has 1 aromatic heterocycles. The summed E-state index contributed by atoms with van der Waals surface area (Å²) in [5.74, 6) is -2.58. The van der Waals surface area contributed by atoms with Gasteiger partial charge < -0.3 is 9.47 Å². The zero-order valence-electron chi connectivity index (χ0n) is 13.2. The van der Waals surface area contributed by atoms with E-state index in [2.05, 4.69) is 19.7 Å². The number of halogens is 1. The predicted octanol–water partition coefficient (Wildman–Crippen LogP) is 1.31. The number of carbonyl (C=O) groups excluding carboxylic acids is 2. The number of hydrogen-bond acceptors (Lipinski definition) is 7. The number of benzene rings is 1. The maximum Gasteiger partial charge on any atom is 0.342 e. The number of nitrogens with zero attached hydrogens (tertiary/aromatic N) is 1. The maximum absolute atomic E-state index is 13.3. The van der Waals surface area contributed by atoms with Crippen LogP contribution >= 0.6 is 0 Å². The molecular formula is C14H14FN3O6S. The first-order valence-corrected chi connectivity index (χ1v) is 8.39. The summed E-state index contributed by atoms with van der Waals surface area (Å²) in [6.45, 7) is 1.60. The number of aromatic amines is 1. The highest BCUT2D eigenvalue weighted by Crippen LogP contribution is 2.23. The van der Waals surface area contributed by atoms with Gasteiger partial charge in [-0.3, -0.25) is 9.82 Å². The summed E-state index contributed by atoms with van der Waals surface area (Å²) in [5.41, 5.74) is -0.864. The minimum absolute atomic E-state index is 0.0430. The van der Waals surface area contributed by atoms with Crippen LogP contribution in [-0.4, -0.2) is 44.3 Å². The molecule has 9 nitrogen and oxygen atoms in total. The lowest BCUT2D eigenvalue weighted by Gasteiger charge is -2.11. The maximum atomic E-state index is 13.3. The molecule has 0 saturated heterocycles. The van der Waals surface area contributed by atoms with Crippen LogP contribution in [0.2, 0.25) is 0 Å². The van der Waals surface area contributed by atoms with Crippen molar-refractivity contribution in [3.8, 4) is 0 Å². The highest BCUT2D eigenvalue weighted by molar-refractivity contribution is 7.92. The van der Waals surface area contributed by atoms with Crippen molar-refractivity contribution in [3.05, 3.63) is 41.3 Å². The average Bonchev–Trinajstić information content (AvgIpc) is 3.06. The molecule has 0 aliphatic heterocycles. The van der Waals surface area contributed by atoms with Gasteiger partial charge in [-0.15, -0.1) is 0 Å². The number of ether oxygens (including phenoxy) is 2. The Bertz CT molecular complexity index is 909. The van der Waals surface area contributed by atoms with Crippen molar-refractivity contribution in [2.75, 3.05) is 18.4 Å². The number of H-pyrrole nitrogens is 1. The molecule has 2 aromatic rings. The molecule has 0 unspecified atom stereocenters. The van der Waals surface area contributed by atoms with Gasteiger partial charge in [0, 0.05) is 0 Å². The van der Waals surface area contributed by atoms with E-state index >= 15 is 0 Å². The summed E-state index contributed by atoms with van der Waals surface area (Å²) < 4.78 is 49.7. The first kappa shape index (κ1) is 18.4. The number of nitrogens with one attached hydrogen (secondary N) is 2. The second kappa shape index (κ2) is 7.30. The van der Waals surface area contributed by atoms with E-state index in [1.165, 1.54) is 0 Å². The standard InChI is InChI=1S/C14H14FN3O6S/c1-3-24-14(20)10-7-16-17-12(10)25(21,22)18-11-5-4-8(15)6-9(11)13(19)23-2/h4-7,18H,3H2,1-2H3,(H,16,17). The Hall–Kier alpha value is -2.95. The molecule has 1 aromatic carbocycles. The van der Waals surface area contributed by atoms with Crippen LogP contribution in [0, 0.1) is 5.82 Å². The average molecular weight is 371 g/mol. The van der Waals surface area contributed by atoms with E-state index in [1.54, 1.807) is 6.92 Å². The third-order valence-corrected chi connectivity index (χ3v) is 4.34. The summed E-state index contributed by atoms with van der Waals surface area (Å²) >= 11 is 0. The van der Waals surface area contributed by atoms with Crippen LogP contribution in [0.15, 0.2) is 29.4 Å². The number of anilines is 1. The van der Waals surface area contributed by atoms with E-state index in [0.29, 0.717) is 0 Å². The highest BCUT2D eigenvalue weighted by Gasteiger charge is 2.27. The van der Waals surface area contributed by atoms with Gasteiger partial charge in [0.15, 0.2) is 5.03 Å². The fourth-order valence-electron chi connectivity index (χ4n) is 1.91. The van der Waals surface area contributed by atoms with Gasteiger partial charge in [0.25, 0.3) is 10.0 Å². The van der Waals surface area contributed by atoms with Crippen molar-refractivity contribution in [3.63, 3.8) is 0 Å². The van der Waals surface area contributed by atoms with Crippen molar-refractivity contribution in [2.45, 2.75) is 11.9 Å². The highest BCUT2D eigenvalue weighted by atomic mass is 32.2. The molecule has 0 spiro atoms. The van der Waals surface area contributed by atoms with Gasteiger partial charge >= 0.3 is 11.9 Å². The van der Waals surface area contributed by atoms with Gasteiger partial charge in [0.2, 0.25) is 0 Å². The monoisotopic (exact) mass is 371 g/mol. The molecular weight excluding hydrogens is 357 g/mol. The van der Waals surface area contributed by atoms with Gasteiger partial charge in [-0.1, -0.05) is 0 Å². The SMILES string of the molecule is CCOC(=O)c1cn[nH]c1S(=O)(=O)Nc1ccc(F)cc1C(=O)OC. The van der Waals surface area contributed by atoms with Crippen molar-refractivity contribution in [1.82, 2.24) is 10.2 Å². The molecule has 0 bridgehead atoms. The second-order valence-electron chi connectivity index (χ2n) is 4.62. The Morgan fingerprint density at radius 2 is 2.00 bits per heavy atom. The van der Waals surface area contributed by atoms with Crippen LogP contribution in [0.5, 0.6) is 0 Å². The normalized spacial score (nSPS) is 11.0. The van der Waals surface area contributed by atoms with E-state index in [4.69, 9.17) is 4.74 Å². The van der Waals surface area contributed by atoms with E-state index in [0.717, 1.165) is 31.5 Å². The van der Waals surface area contributed by atoms with E-state index in [1.807, 2.05) is 0 Å². The quantitative estimate of drug-likeness (QED) is 0.733. The minimum Gasteiger partial charge on any atom is -0.465 e. The third kappa shape index (κ3) is 3.94. The van der Waals surface area contributed by atoms with Crippen LogP contribution in [-0.2, 0) is 19.5 Å². The lowest BCUT2D eigenvalue weighted by atomic mass is 10.2. The molecule has 0 aliphatic rings. The fourth-order valence-corrected chi connectivity index (χ4v) is 3.08. The summed E-state index contributed by atoms with van der Waals surface area (Å²) in [6.07, 6.45) is 0.998. The zero-order valence-corrected chi connectivity index (χ0v) is 14.0. The lowest BCUT2D eigenvalue weighted by molar-refractivity contribution is 0.0521. The van der Waals surface area contributed by atoms with Crippen molar-refractivity contribution in [1.29, 1.82) is 0 Å². The fraction of sp³-hybridized carbons (Fsp3) is 0.214. The molecule has 2 rings (SSSR count). The molecule has 25 heavy (non-hydrogen) atoms. The Labute approximate surface area is 142 Å². The molecule has 11 heteroatoms. The first-order valence-electron chi connectivity index (χ1n) is 6.91. The molecule has 1 heterocycles. The van der Waals surface area contributed by atoms with Gasteiger partial charge in [-0.25, -0.2) is 14.0 Å². The molecule has 0 aliphatic carbocycles. The van der Waals surface area contributed by atoms with Crippen LogP contribution in [0.4, 0.5) is 10.1 Å². The lowest BCUT2D eigenvalue weighted by Crippen LogP contribution is -2.19. The summed E-state index contributed by atoms with van der Waals surface area (Å²) in [7, 11) is -3.27. The van der Waals surface area contributed by atoms with Crippen LogP contribution in [0.25, 0.3) is 0 Å². The Balaban J connectivity index is 2.43. The topological polar surface area (TPSA) is 127 Å². The van der Waals surface area contributed by atoms with Gasteiger partial charge in [-0.2, -0.15) is 13.5 Å². The number of carbonyl (C=O) groups is 2. The summed E-state index contributed by atoms with van der Waals surface area (Å²) in [6, 6.07) is 2.84. The molecule has 0 amide bonds. The van der Waals surface area contributed by atoms with E-state index < -0.39 is 32.8 Å². The number of aromatic nitrogens is 2. The van der Waals surface area contributed by atoms with Crippen LogP contribution < -0.4 is 4.72 Å². The second-order valence-corrected chi connectivity index (χ2v) is 6.24. The first-order chi connectivity index (χ1) is 11.8. The minimum atomic E-state index is -4.34. The Morgan fingerprint density at radius 3 is 2.64 bits per heavy atom. The number of esters is 2. The van der Waals surface area contributed by atoms with Crippen LogP contribution in [0.3, 0.4) is 0 Å². The molecule has 0 saturated carbocycles. The van der Waals surface area contributed by atoms with E-state index in [-0.39, 0.29) is 23.4 Å². The number of sulfonamides is 1. The summed E-state index contributed by atoms with van der Waals surface area (Å²) in [5, 5.41) is 5.16. The third-order valence-electron chi connectivity index (χ3n) is 3.00. The number of rotatable bonds is 6. The number of hydrogen-bond donors (Lipinski definition) is 2. The van der Waals surface area contributed by atoms with Crippen LogP contribution in [0.1, 0.15) is 27.6 Å². The van der Waals surface area contributed by atoms with Gasteiger partial charge in [-0.05, 0) is 25.1 Å². The molecule has 0 atom stereocenters. The molecule has 2 N–H and O–H groups in total. The van der Waals surface area contributed by atoms with Gasteiger partial charge in [0.1, 0.15) is 11.4 Å². The zero-order chi connectivity index (χ0) is 18.6. The largest absolute Gasteiger partial charge is 0.465 e. The van der Waals surface area contributed by atoms with E-state index in [9.17, 15) is 22.4 Å². The summed E-state index contributed by atoms with van der Waals surface area (Å²) in [4.78, 5) is 23.5. The van der Waals surface area contributed by atoms with Gasteiger partial charge in [0.05, 0.1) is 31.2 Å². The van der Waals surface area contributed by atoms with Crippen molar-refractivity contribution < 1.29 is 31.9 Å². The van der Waals surface area contributed by atoms with Crippen molar-refractivity contribution >= 4 is 27.6 Å². The Morgan fingerprint density at radius 1 is 1.28 bits per heavy atom. The molecule has 0 radical (unpaired) electrons.